The van der Waals surface area contributed by atoms with Gasteiger partial charge in [-0.1, -0.05) is 90.4 Å². The molecule has 0 heterocycles. The lowest BCUT2D eigenvalue weighted by Crippen LogP contribution is -2.36. The zero-order valence-corrected chi connectivity index (χ0v) is 28.1. The fraction of sp³-hybridized carbons (Fsp3) is 0.880. The van der Waals surface area contributed by atoms with Gasteiger partial charge in [-0.25, -0.2) is 9.68 Å². The van der Waals surface area contributed by atoms with Gasteiger partial charge in [0.25, 0.3) is 0 Å². The predicted octanol–water partition coefficient (Wildman–Crippen LogP) is 4.60. The number of hydrogen-bond donors (Lipinski definition) is 2. The number of unbranched alkanes of at least 4 members (excludes halogenated alkanes) is 13. The zero-order valence-electron chi connectivity index (χ0n) is 28.1. The minimum Gasteiger partial charge on any atom is -0.379 e. The molecule has 0 spiro atoms. The monoisotopic (exact) mass is 729 g/mol. The second kappa shape index (κ2) is 42.2. The largest absolute Gasteiger partial charge is 0.379 e. The van der Waals surface area contributed by atoms with E-state index < -0.39 is 6.03 Å². The third-order valence-corrected chi connectivity index (χ3v) is 5.67. The van der Waals surface area contributed by atoms with E-state index in [1.165, 1.54) is 77.0 Å². The molecule has 0 aliphatic carbocycles. The Morgan fingerprint density at radius 2 is 0.959 bits per heavy atom. The van der Waals surface area contributed by atoms with E-state index in [1.807, 2.05) is 19.0 Å². The molecule has 49 heavy (non-hydrogen) atoms. The van der Waals surface area contributed by atoms with Crippen LogP contribution in [-0.2, 0) is 100 Å². The van der Waals surface area contributed by atoms with E-state index in [0.717, 1.165) is 25.3 Å². The first-order chi connectivity index (χ1) is 24.2. The molecule has 0 aromatic carbocycles. The summed E-state index contributed by atoms with van der Waals surface area (Å²) in [6.45, 7) is 4.34. The van der Waals surface area contributed by atoms with Crippen molar-refractivity contribution in [2.75, 3.05) is 47.0 Å². The van der Waals surface area contributed by atoms with Gasteiger partial charge in [-0.3, -0.25) is 0 Å². The van der Waals surface area contributed by atoms with Crippen molar-refractivity contribution in [3.8, 4) is 0 Å². The fourth-order valence-corrected chi connectivity index (χ4v) is 3.44. The van der Waals surface area contributed by atoms with Crippen LogP contribution in [0.25, 0.3) is 0 Å². The molecule has 0 saturated carbocycles. The molecule has 0 rings (SSSR count). The predicted molar refractivity (Wildman–Crippen MR) is 151 cm³/mol. The van der Waals surface area contributed by atoms with Crippen LogP contribution in [-0.4, -0.2) is 57.9 Å². The van der Waals surface area contributed by atoms with Crippen LogP contribution in [0, 0.1) is 0 Å². The van der Waals surface area contributed by atoms with Crippen molar-refractivity contribution in [2.45, 2.75) is 96.8 Å². The van der Waals surface area contributed by atoms with Gasteiger partial charge in [0.05, 0.1) is 6.61 Å². The maximum atomic E-state index is 11.3. The Hall–Kier alpha value is -1.99. The molecule has 2 N–H and O–H groups in total. The summed E-state index contributed by atoms with van der Waals surface area (Å²) in [5.74, 6) is 0. The highest BCUT2D eigenvalue weighted by atomic mass is 18.0. The summed E-state index contributed by atoms with van der Waals surface area (Å²) in [6.07, 6.45) is 20.1. The quantitative estimate of drug-likeness (QED) is 0.0379. The van der Waals surface area contributed by atoms with Gasteiger partial charge in [0, 0.05) is 71.2 Å². The number of likely N-dealkylation sites (N-methyl/N-ethyl adjacent to an activating group) is 1. The second-order valence-electron chi connectivity index (χ2n) is 9.79. The molecule has 24 heteroatoms. The smallest absolute Gasteiger partial charge is 0.318 e. The van der Waals surface area contributed by atoms with E-state index in [2.05, 4.69) is 113 Å². The summed E-state index contributed by atoms with van der Waals surface area (Å²) in [6, 6.07) is -0.472. The maximum absolute atomic E-state index is 11.3. The molecule has 0 aromatic rings. The first-order valence-corrected chi connectivity index (χ1v) is 15.7. The molecule has 0 saturated heterocycles. The van der Waals surface area contributed by atoms with Crippen LogP contribution < -0.4 is 10.6 Å². The van der Waals surface area contributed by atoms with Gasteiger partial charge in [-0.2, -0.15) is 0 Å². The standard InChI is InChI=1S/C25H51N3O21/c1-4-5-6-7-8-9-10-11-12-13-14-15-16-17-21-30-23-24-32-34-36-38-40-42-44-46-48-49-47-45-43-41-39-37-35-33-31-22-19-27-25(29)26-18-20-28(2)3/h19,22H,4-18,20-21,23-24H2,1-3H3,(H2,26,27,29)/b22-19+. The lowest BCUT2D eigenvalue weighted by Gasteiger charge is -2.09. The average molecular weight is 730 g/mol. The minimum absolute atomic E-state index is 0.0675. The number of ether oxygens (including phenoxy) is 1. The highest BCUT2D eigenvalue weighted by molar-refractivity contribution is 5.74. The normalized spacial score (nSPS) is 11.6. The molecule has 24 nitrogen and oxygen atoms in total. The second-order valence-corrected chi connectivity index (χ2v) is 9.79. The van der Waals surface area contributed by atoms with Crippen LogP contribution in [0.2, 0.25) is 0 Å². The minimum atomic E-state index is -0.472. The first-order valence-electron chi connectivity index (χ1n) is 15.7. The number of rotatable bonds is 41. The first kappa shape index (κ1) is 47.0. The van der Waals surface area contributed by atoms with Crippen molar-refractivity contribution in [1.29, 1.82) is 0 Å². The highest BCUT2D eigenvalue weighted by Crippen LogP contribution is 2.13. The molecule has 0 aromatic heterocycles. The summed E-state index contributed by atoms with van der Waals surface area (Å²) < 4.78 is 5.41. The summed E-state index contributed by atoms with van der Waals surface area (Å²) in [4.78, 5) is 22.1. The van der Waals surface area contributed by atoms with Gasteiger partial charge in [-0.05, 0) is 60.8 Å². The molecule has 292 valence electrons. The van der Waals surface area contributed by atoms with Gasteiger partial charge < -0.3 is 25.2 Å². The number of amides is 2. The van der Waals surface area contributed by atoms with Crippen LogP contribution in [0.3, 0.4) is 0 Å². The number of nitrogens with zero attached hydrogens (tertiary/aromatic N) is 1. The van der Waals surface area contributed by atoms with Crippen molar-refractivity contribution in [1.82, 2.24) is 15.5 Å². The molecule has 0 bridgehead atoms. The number of carbonyl (C=O) groups is 1. The van der Waals surface area contributed by atoms with Crippen molar-refractivity contribution < 1.29 is 105 Å². The van der Waals surface area contributed by atoms with Crippen LogP contribution in [0.1, 0.15) is 96.8 Å². The fourth-order valence-electron chi connectivity index (χ4n) is 3.44. The topological polar surface area (TPSA) is 229 Å². The molecular weight excluding hydrogens is 678 g/mol. The molecule has 0 atom stereocenters. The molecule has 0 aliphatic rings. The van der Waals surface area contributed by atoms with Gasteiger partial charge in [0.2, 0.25) is 0 Å². The van der Waals surface area contributed by atoms with E-state index in [0.29, 0.717) is 19.7 Å². The van der Waals surface area contributed by atoms with Gasteiger partial charge in [0.1, 0.15) is 12.9 Å². The van der Waals surface area contributed by atoms with Gasteiger partial charge in [-0.15, -0.1) is 0 Å². The summed E-state index contributed by atoms with van der Waals surface area (Å²) in [5, 5.41) is 68.9. The Morgan fingerprint density at radius 3 is 1.43 bits per heavy atom. The molecule has 0 aliphatic heterocycles. The Labute approximate surface area is 283 Å². The van der Waals surface area contributed by atoms with E-state index in [9.17, 15) is 4.79 Å². The SMILES string of the molecule is CCCCCCCCCCCCCCCCOCCOOOOOOOOOOOOOOOOOOO/C=C/NC(=O)NCCN(C)C. The highest BCUT2D eigenvalue weighted by Gasteiger charge is 2.01. The zero-order chi connectivity index (χ0) is 35.6. The lowest BCUT2D eigenvalue weighted by atomic mass is 10.0. The number of nitrogens with one attached hydrogen (secondary N) is 2. The number of hydrogen-bond acceptors (Lipinski definition) is 22. The Balaban J connectivity index is 3.11. The van der Waals surface area contributed by atoms with Crippen LogP contribution >= 0.6 is 0 Å². The third kappa shape index (κ3) is 44.0. The van der Waals surface area contributed by atoms with E-state index in [-0.39, 0.29) is 13.2 Å². The Kier molecular flexibility index (Phi) is 40.5. The summed E-state index contributed by atoms with van der Waals surface area (Å²) in [5.41, 5.74) is 0. The van der Waals surface area contributed by atoms with Crippen molar-refractivity contribution >= 4 is 6.03 Å². The van der Waals surface area contributed by atoms with E-state index in [4.69, 9.17) is 4.74 Å². The summed E-state index contributed by atoms with van der Waals surface area (Å²) in [7, 11) is 3.73. The van der Waals surface area contributed by atoms with E-state index >= 15 is 0 Å². The van der Waals surface area contributed by atoms with Crippen LogP contribution in [0.15, 0.2) is 12.5 Å². The molecule has 0 unspecified atom stereocenters. The molecule has 0 radical (unpaired) electrons. The summed E-state index contributed by atoms with van der Waals surface area (Å²) >= 11 is 0. The molecular formula is C25H51N3O21. The maximum Gasteiger partial charge on any atom is 0.318 e. The van der Waals surface area contributed by atoms with Gasteiger partial charge in [0.15, 0.2) is 0 Å². The average Bonchev–Trinajstić information content (AvgIpc) is 3.09. The van der Waals surface area contributed by atoms with Crippen LogP contribution in [0.4, 0.5) is 4.79 Å². The van der Waals surface area contributed by atoms with Gasteiger partial charge >= 0.3 is 6.03 Å². The Bertz CT molecular complexity index is 688. The number of urea groups is 1. The van der Waals surface area contributed by atoms with Crippen molar-refractivity contribution in [3.63, 3.8) is 0 Å². The third-order valence-electron chi connectivity index (χ3n) is 5.67. The van der Waals surface area contributed by atoms with Crippen molar-refractivity contribution in [3.05, 3.63) is 12.5 Å². The lowest BCUT2D eigenvalue weighted by molar-refractivity contribution is -0.891. The van der Waals surface area contributed by atoms with E-state index in [1.54, 1.807) is 0 Å². The van der Waals surface area contributed by atoms with Crippen LogP contribution in [0.5, 0.6) is 0 Å². The van der Waals surface area contributed by atoms with Crippen molar-refractivity contribution in [2.24, 2.45) is 0 Å². The molecule has 2 amide bonds. The number of carbonyl (C=O) groups excluding carboxylic acids is 1. The Morgan fingerprint density at radius 1 is 0.531 bits per heavy atom. The molecule has 0 fully saturated rings.